The van der Waals surface area contributed by atoms with Gasteiger partial charge < -0.3 is 14.8 Å². The van der Waals surface area contributed by atoms with Crippen molar-refractivity contribution in [1.29, 1.82) is 5.26 Å². The second-order valence-corrected chi connectivity index (χ2v) is 8.57. The highest BCUT2D eigenvalue weighted by Crippen LogP contribution is 2.38. The van der Waals surface area contributed by atoms with Crippen LogP contribution in [-0.2, 0) is 11.4 Å². The molecule has 3 aromatic carbocycles. The first-order valence-corrected chi connectivity index (χ1v) is 11.4. The Kier molecular flexibility index (Phi) is 8.84. The Morgan fingerprint density at radius 1 is 1.06 bits per heavy atom. The Balaban J connectivity index is 1.79. The highest BCUT2D eigenvalue weighted by Gasteiger charge is 2.16. The molecular weight excluding hydrogens is 495 g/mol. The van der Waals surface area contributed by atoms with Gasteiger partial charge in [-0.3, -0.25) is 4.79 Å². The van der Waals surface area contributed by atoms with E-state index >= 15 is 0 Å². The average molecular weight is 516 g/mol. The van der Waals surface area contributed by atoms with Gasteiger partial charge >= 0.3 is 0 Å². The van der Waals surface area contributed by atoms with Crippen LogP contribution in [0.25, 0.3) is 6.08 Å². The van der Waals surface area contributed by atoms with Crippen LogP contribution in [0, 0.1) is 11.3 Å². The number of methoxy groups -OCH3 is 1. The summed E-state index contributed by atoms with van der Waals surface area (Å²) in [5, 5.41) is 13.5. The monoisotopic (exact) mass is 514 g/mol. The molecule has 0 saturated heterocycles. The SMILES string of the molecule is COc1cc(/C=C(/C#N)C(=O)N[C@@H](C)c2ccccc2)cc(Cl)c1OCc1ccc(Cl)c(Cl)c1. The summed E-state index contributed by atoms with van der Waals surface area (Å²) in [6, 6.07) is 19.6. The van der Waals surface area contributed by atoms with E-state index in [0.717, 1.165) is 11.1 Å². The lowest BCUT2D eigenvalue weighted by Crippen LogP contribution is -2.27. The quantitative estimate of drug-likeness (QED) is 0.258. The topological polar surface area (TPSA) is 71.3 Å². The normalized spacial score (nSPS) is 11.9. The van der Waals surface area contributed by atoms with Gasteiger partial charge in [-0.25, -0.2) is 0 Å². The molecule has 3 rings (SSSR count). The van der Waals surface area contributed by atoms with Crippen LogP contribution in [0.4, 0.5) is 0 Å². The molecule has 34 heavy (non-hydrogen) atoms. The summed E-state index contributed by atoms with van der Waals surface area (Å²) in [4.78, 5) is 12.7. The van der Waals surface area contributed by atoms with Crippen LogP contribution < -0.4 is 14.8 Å². The van der Waals surface area contributed by atoms with Crippen molar-refractivity contribution in [2.75, 3.05) is 7.11 Å². The van der Waals surface area contributed by atoms with Gasteiger partial charge in [0.1, 0.15) is 18.2 Å². The van der Waals surface area contributed by atoms with Crippen LogP contribution in [0.1, 0.15) is 29.7 Å². The van der Waals surface area contributed by atoms with E-state index < -0.39 is 5.91 Å². The van der Waals surface area contributed by atoms with Gasteiger partial charge in [-0.15, -0.1) is 0 Å². The zero-order valence-electron chi connectivity index (χ0n) is 18.4. The average Bonchev–Trinajstić information content (AvgIpc) is 2.84. The lowest BCUT2D eigenvalue weighted by Gasteiger charge is -2.15. The highest BCUT2D eigenvalue weighted by atomic mass is 35.5. The van der Waals surface area contributed by atoms with Crippen LogP contribution in [0.5, 0.6) is 11.5 Å². The van der Waals surface area contributed by atoms with Crippen molar-refractivity contribution in [2.45, 2.75) is 19.6 Å². The van der Waals surface area contributed by atoms with Gasteiger partial charge in [0.25, 0.3) is 5.91 Å². The number of nitrogens with one attached hydrogen (secondary N) is 1. The summed E-state index contributed by atoms with van der Waals surface area (Å²) in [5.74, 6) is 0.191. The van der Waals surface area contributed by atoms with Crippen molar-refractivity contribution in [1.82, 2.24) is 5.32 Å². The first kappa shape index (κ1) is 25.5. The maximum atomic E-state index is 12.7. The lowest BCUT2D eigenvalue weighted by molar-refractivity contribution is -0.117. The van der Waals surface area contributed by atoms with Crippen molar-refractivity contribution in [3.63, 3.8) is 0 Å². The molecule has 0 radical (unpaired) electrons. The molecule has 174 valence electrons. The number of rotatable bonds is 8. The van der Waals surface area contributed by atoms with E-state index in [1.807, 2.05) is 43.3 Å². The van der Waals surface area contributed by atoms with E-state index in [4.69, 9.17) is 44.3 Å². The molecule has 0 bridgehead atoms. The minimum atomic E-state index is -0.492. The molecule has 0 saturated carbocycles. The summed E-state index contributed by atoms with van der Waals surface area (Å²) in [6.07, 6.45) is 1.45. The Bertz CT molecular complexity index is 1250. The molecule has 0 fully saturated rings. The van der Waals surface area contributed by atoms with E-state index in [1.165, 1.54) is 13.2 Å². The number of halogens is 3. The van der Waals surface area contributed by atoms with Gasteiger partial charge in [0, 0.05) is 0 Å². The summed E-state index contributed by atoms with van der Waals surface area (Å²) in [5.41, 5.74) is 2.18. The van der Waals surface area contributed by atoms with Crippen LogP contribution >= 0.6 is 34.8 Å². The Hall–Kier alpha value is -3.17. The van der Waals surface area contributed by atoms with Crippen molar-refractivity contribution >= 4 is 46.8 Å². The second kappa shape index (κ2) is 11.8. The zero-order chi connectivity index (χ0) is 24.7. The van der Waals surface area contributed by atoms with Crippen LogP contribution in [0.3, 0.4) is 0 Å². The van der Waals surface area contributed by atoms with Crippen LogP contribution in [0.15, 0.2) is 66.2 Å². The molecule has 0 spiro atoms. The van der Waals surface area contributed by atoms with Crippen LogP contribution in [0.2, 0.25) is 15.1 Å². The number of hydrogen-bond acceptors (Lipinski definition) is 4. The van der Waals surface area contributed by atoms with Crippen molar-refractivity contribution in [2.24, 2.45) is 0 Å². The molecule has 0 unspecified atom stereocenters. The minimum absolute atomic E-state index is 0.0645. The lowest BCUT2D eigenvalue weighted by atomic mass is 10.1. The molecule has 1 amide bonds. The maximum absolute atomic E-state index is 12.7. The van der Waals surface area contributed by atoms with Crippen molar-refractivity contribution in [3.8, 4) is 17.6 Å². The molecule has 0 heterocycles. The summed E-state index contributed by atoms with van der Waals surface area (Å²) in [6.45, 7) is 2.04. The fraction of sp³-hybridized carbons (Fsp3) is 0.154. The number of benzene rings is 3. The van der Waals surface area contributed by atoms with E-state index in [9.17, 15) is 10.1 Å². The Morgan fingerprint density at radius 3 is 2.44 bits per heavy atom. The Labute approximate surface area is 213 Å². The van der Waals surface area contributed by atoms with E-state index in [1.54, 1.807) is 30.3 Å². The third-order valence-corrected chi connectivity index (χ3v) is 5.96. The first-order valence-electron chi connectivity index (χ1n) is 10.2. The summed E-state index contributed by atoms with van der Waals surface area (Å²) >= 11 is 18.5. The predicted molar refractivity (Wildman–Crippen MR) is 135 cm³/mol. The molecule has 0 aliphatic rings. The summed E-state index contributed by atoms with van der Waals surface area (Å²) in [7, 11) is 1.48. The van der Waals surface area contributed by atoms with Gasteiger partial charge in [0.05, 0.1) is 28.2 Å². The van der Waals surface area contributed by atoms with Gasteiger partial charge in [0.2, 0.25) is 0 Å². The van der Waals surface area contributed by atoms with Crippen molar-refractivity contribution < 1.29 is 14.3 Å². The first-order chi connectivity index (χ1) is 16.3. The standard InChI is InChI=1S/C26H21Cl3N2O3/c1-16(19-6-4-3-5-7-19)31-26(32)20(14-30)10-18-12-23(29)25(24(13-18)33-2)34-15-17-8-9-21(27)22(28)11-17/h3-13,16H,15H2,1-2H3,(H,31,32)/b20-10-/t16-/m0/s1. The summed E-state index contributed by atoms with van der Waals surface area (Å²) < 4.78 is 11.3. The highest BCUT2D eigenvalue weighted by molar-refractivity contribution is 6.42. The molecule has 0 aromatic heterocycles. The number of hydrogen-bond donors (Lipinski definition) is 1. The zero-order valence-corrected chi connectivity index (χ0v) is 20.7. The van der Waals surface area contributed by atoms with Gasteiger partial charge in [-0.05, 0) is 54.0 Å². The molecular formula is C26H21Cl3N2O3. The minimum Gasteiger partial charge on any atom is -0.493 e. The third-order valence-electron chi connectivity index (χ3n) is 4.94. The number of amides is 1. The second-order valence-electron chi connectivity index (χ2n) is 7.35. The number of ether oxygens (including phenoxy) is 2. The molecule has 0 aliphatic carbocycles. The fourth-order valence-electron chi connectivity index (χ4n) is 3.16. The predicted octanol–water partition coefficient (Wildman–Crippen LogP) is 7.02. The molecule has 0 aliphatic heterocycles. The molecule has 8 heteroatoms. The number of carbonyl (C=O) groups excluding carboxylic acids is 1. The van der Waals surface area contributed by atoms with Gasteiger partial charge in [-0.1, -0.05) is 71.2 Å². The Morgan fingerprint density at radius 2 is 1.79 bits per heavy atom. The van der Waals surface area contributed by atoms with Gasteiger partial charge in [0.15, 0.2) is 11.5 Å². The number of nitrogens with zero attached hydrogens (tertiary/aromatic N) is 1. The van der Waals surface area contributed by atoms with E-state index in [2.05, 4.69) is 5.32 Å². The third kappa shape index (κ3) is 6.45. The molecule has 3 aromatic rings. The van der Waals surface area contributed by atoms with E-state index in [0.29, 0.717) is 27.1 Å². The molecule has 1 atom stereocenters. The maximum Gasteiger partial charge on any atom is 0.262 e. The van der Waals surface area contributed by atoms with Crippen molar-refractivity contribution in [3.05, 3.63) is 98.0 Å². The van der Waals surface area contributed by atoms with E-state index in [-0.39, 0.29) is 23.2 Å². The smallest absolute Gasteiger partial charge is 0.262 e. The van der Waals surface area contributed by atoms with Gasteiger partial charge in [-0.2, -0.15) is 5.26 Å². The molecule has 1 N–H and O–H groups in total. The number of nitriles is 1. The number of carbonyl (C=O) groups is 1. The van der Waals surface area contributed by atoms with Crippen LogP contribution in [-0.4, -0.2) is 13.0 Å². The fourth-order valence-corrected chi connectivity index (χ4v) is 3.76. The molecule has 5 nitrogen and oxygen atoms in total. The largest absolute Gasteiger partial charge is 0.493 e.